The number of rotatable bonds is 8. The van der Waals surface area contributed by atoms with Crippen molar-refractivity contribution < 1.29 is 74.1 Å². The zero-order valence-corrected chi connectivity index (χ0v) is 36.3. The molecule has 2 spiro atoms. The molecule has 8 fully saturated rings. The zero-order valence-electron chi connectivity index (χ0n) is 36.3. The maximum Gasteiger partial charge on any atom is 0.302 e. The number of aliphatic hydroxyl groups is 8. The maximum absolute atomic E-state index is 12.4. The van der Waals surface area contributed by atoms with E-state index < -0.39 is 102 Å². The largest absolute Gasteiger partial charge is 0.463 e. The Morgan fingerprint density at radius 3 is 2.05 bits per heavy atom. The van der Waals surface area contributed by atoms with Crippen LogP contribution in [0, 0.1) is 44.8 Å². The molecule has 22 atom stereocenters. The predicted octanol–water partition coefficient (Wildman–Crippen LogP) is 1.68. The Morgan fingerprint density at radius 2 is 1.41 bits per heavy atom. The molecule has 15 nitrogen and oxygen atoms in total. The summed E-state index contributed by atoms with van der Waals surface area (Å²) >= 11 is 0. The molecule has 3 aliphatic heterocycles. The first-order valence-corrected chi connectivity index (χ1v) is 22.2. The molecule has 0 aromatic carbocycles. The predicted molar refractivity (Wildman–Crippen MR) is 208 cm³/mol. The van der Waals surface area contributed by atoms with Crippen LogP contribution in [0.5, 0.6) is 0 Å². The van der Waals surface area contributed by atoms with Crippen LogP contribution in [0.4, 0.5) is 0 Å². The van der Waals surface area contributed by atoms with Gasteiger partial charge in [0.05, 0.1) is 41.7 Å². The number of aliphatic hydroxyl groups excluding tert-OH is 7. The fraction of sp³-hybridized carbons (Fsp3) is 0.977. The average Bonchev–Trinajstić information content (AvgIpc) is 3.49. The Morgan fingerprint density at radius 1 is 0.746 bits per heavy atom. The Bertz CT molecular complexity index is 1610. The third-order valence-electron chi connectivity index (χ3n) is 18.2. The van der Waals surface area contributed by atoms with Crippen LogP contribution in [-0.4, -0.2) is 150 Å². The van der Waals surface area contributed by atoms with Crippen molar-refractivity contribution in [1.82, 2.24) is 0 Å². The molecule has 5 aliphatic carbocycles. The van der Waals surface area contributed by atoms with Gasteiger partial charge in [-0.15, -0.1) is 0 Å². The maximum atomic E-state index is 12.4. The molecule has 59 heavy (non-hydrogen) atoms. The van der Waals surface area contributed by atoms with E-state index in [4.69, 9.17) is 28.4 Å². The molecule has 8 aliphatic rings. The zero-order chi connectivity index (χ0) is 43.2. The third-order valence-corrected chi connectivity index (χ3v) is 18.2. The summed E-state index contributed by atoms with van der Waals surface area (Å²) in [6.45, 7) is 17.0. The van der Waals surface area contributed by atoms with E-state index in [9.17, 15) is 45.6 Å². The minimum atomic E-state index is -1.69. The molecule has 0 unspecified atom stereocenters. The van der Waals surface area contributed by atoms with Crippen LogP contribution in [0.1, 0.15) is 120 Å². The monoisotopic (exact) mass is 840 g/mol. The Balaban J connectivity index is 1.00. The van der Waals surface area contributed by atoms with Gasteiger partial charge in [0.25, 0.3) is 0 Å². The molecule has 5 saturated carbocycles. The van der Waals surface area contributed by atoms with Crippen LogP contribution in [-0.2, 0) is 33.2 Å². The molecule has 0 aromatic rings. The lowest BCUT2D eigenvalue weighted by atomic mass is 9.41. The van der Waals surface area contributed by atoms with E-state index in [1.165, 1.54) is 13.8 Å². The lowest BCUT2D eigenvalue weighted by Gasteiger charge is -2.64. The molecule has 0 amide bonds. The van der Waals surface area contributed by atoms with Gasteiger partial charge in [0, 0.05) is 12.8 Å². The van der Waals surface area contributed by atoms with Gasteiger partial charge in [0.15, 0.2) is 12.6 Å². The van der Waals surface area contributed by atoms with Crippen molar-refractivity contribution in [3.63, 3.8) is 0 Å². The van der Waals surface area contributed by atoms with Crippen LogP contribution in [0.25, 0.3) is 0 Å². The highest BCUT2D eigenvalue weighted by molar-refractivity contribution is 5.65. The van der Waals surface area contributed by atoms with E-state index in [1.54, 1.807) is 13.8 Å². The highest BCUT2D eigenvalue weighted by atomic mass is 16.7. The van der Waals surface area contributed by atoms with Gasteiger partial charge in [-0.25, -0.2) is 0 Å². The first kappa shape index (κ1) is 44.6. The third kappa shape index (κ3) is 6.48. The summed E-state index contributed by atoms with van der Waals surface area (Å²) < 4.78 is 36.4. The summed E-state index contributed by atoms with van der Waals surface area (Å²) in [5.41, 5.74) is -2.77. The number of carbonyl (C=O) groups is 1. The normalized spacial score (nSPS) is 56.7. The Hall–Kier alpha value is -1.05. The van der Waals surface area contributed by atoms with E-state index in [-0.39, 0.29) is 52.1 Å². The first-order chi connectivity index (χ1) is 27.3. The van der Waals surface area contributed by atoms with Crippen molar-refractivity contribution in [3.05, 3.63) is 0 Å². The number of esters is 1. The molecule has 0 bridgehead atoms. The fourth-order valence-electron chi connectivity index (χ4n) is 15.3. The second kappa shape index (κ2) is 14.5. The van der Waals surface area contributed by atoms with Gasteiger partial charge in [-0.05, 0) is 124 Å². The van der Waals surface area contributed by atoms with Crippen molar-refractivity contribution in [2.45, 2.75) is 217 Å². The highest BCUT2D eigenvalue weighted by Gasteiger charge is 2.85. The smallest absolute Gasteiger partial charge is 0.302 e. The molecule has 15 heteroatoms. The van der Waals surface area contributed by atoms with Crippen molar-refractivity contribution >= 4 is 5.97 Å². The topological polar surface area (TPSA) is 234 Å². The summed E-state index contributed by atoms with van der Waals surface area (Å²) in [5.74, 6) is -0.659. The number of fused-ring (bicyclic) bond motifs is 2. The standard InChI is InChI=1S/C44H72O15/c1-20-28(48)29(49)31(51)36(55-20)58-33-24(18-54-21(2)45)56-37(32(52)30(33)50)57-26-11-13-44-19-43(44)15-14-40(7)35(42(9)12-10-27(59-42)39(5,6)53)23(47)17-41(40,8)25(43)16-22(46)34(44)38(26,3)4/h20,22-37,46-53H,10-19H2,1-9H3/t20-,22-,23-,24+,25-,26-,27-,28-,29+,30+,31+,32+,33+,34-,35-,36-,37-,40+,41-,42+,43-,44+/m0/s1. The molecular weight excluding hydrogens is 768 g/mol. The molecular formula is C44H72O15. The number of hydrogen-bond donors (Lipinski definition) is 8. The Labute approximate surface area is 348 Å². The summed E-state index contributed by atoms with van der Waals surface area (Å²) in [4.78, 5) is 11.9. The van der Waals surface area contributed by atoms with Gasteiger partial charge in [-0.3, -0.25) is 4.79 Å². The average molecular weight is 841 g/mol. The van der Waals surface area contributed by atoms with Crippen LogP contribution >= 0.6 is 0 Å². The van der Waals surface area contributed by atoms with E-state index in [0.29, 0.717) is 19.3 Å². The molecule has 8 rings (SSSR count). The Kier molecular flexibility index (Phi) is 10.9. The number of carbonyl (C=O) groups excluding carboxylic acids is 1. The summed E-state index contributed by atoms with van der Waals surface area (Å²) in [6, 6.07) is 0. The first-order valence-electron chi connectivity index (χ1n) is 22.2. The second-order valence-electron chi connectivity index (χ2n) is 22.1. The molecule has 0 aromatic heterocycles. The second-order valence-corrected chi connectivity index (χ2v) is 22.1. The minimum Gasteiger partial charge on any atom is -0.463 e. The van der Waals surface area contributed by atoms with E-state index >= 15 is 0 Å². The van der Waals surface area contributed by atoms with Gasteiger partial charge < -0.3 is 69.3 Å². The van der Waals surface area contributed by atoms with Crippen LogP contribution in [0.3, 0.4) is 0 Å². The van der Waals surface area contributed by atoms with Crippen LogP contribution in [0.15, 0.2) is 0 Å². The van der Waals surface area contributed by atoms with Crippen LogP contribution in [0.2, 0.25) is 0 Å². The summed E-state index contributed by atoms with van der Waals surface area (Å²) in [7, 11) is 0. The SMILES string of the molecule is CC(=O)OC[C@H]1O[C@@H](O[C@H]2CC[C@]34C[C@]35CC[C@]3(C)[C@@H]([C@@]6(C)CC[C@@H](C(C)(C)O)O6)[C@@H](O)C[C@@]3(C)[C@@H]5C[C@H](O)[C@H]4C2(C)C)[C@H](O)[C@@H](O)[C@@H]1O[C@@H]1O[C@@H](C)[C@H](O)[C@@H](O)[C@H]1O. The summed E-state index contributed by atoms with van der Waals surface area (Å²) in [5, 5.41) is 89.5. The molecule has 338 valence electrons. The van der Waals surface area contributed by atoms with E-state index in [1.807, 2.05) is 0 Å². The quantitative estimate of drug-likeness (QED) is 0.128. The lowest BCUT2D eigenvalue weighted by Crippen LogP contribution is -2.65. The van der Waals surface area contributed by atoms with Crippen LogP contribution < -0.4 is 0 Å². The van der Waals surface area contributed by atoms with Gasteiger partial charge in [-0.1, -0.05) is 27.7 Å². The van der Waals surface area contributed by atoms with Crippen molar-refractivity contribution in [2.75, 3.05) is 6.61 Å². The molecule has 3 heterocycles. The molecule has 8 N–H and O–H groups in total. The molecule has 3 saturated heterocycles. The van der Waals surface area contributed by atoms with Crippen molar-refractivity contribution in [2.24, 2.45) is 44.8 Å². The van der Waals surface area contributed by atoms with E-state index in [0.717, 1.165) is 38.5 Å². The van der Waals surface area contributed by atoms with Gasteiger partial charge in [0.2, 0.25) is 0 Å². The van der Waals surface area contributed by atoms with Gasteiger partial charge in [0.1, 0.15) is 49.3 Å². The minimum absolute atomic E-state index is 0.00132. The fourth-order valence-corrected chi connectivity index (χ4v) is 15.3. The number of hydrogen-bond acceptors (Lipinski definition) is 15. The lowest BCUT2D eigenvalue weighted by molar-refractivity contribution is -0.366. The highest BCUT2D eigenvalue weighted by Crippen LogP contribution is 2.89. The van der Waals surface area contributed by atoms with E-state index in [2.05, 4.69) is 34.6 Å². The van der Waals surface area contributed by atoms with Crippen molar-refractivity contribution in [3.8, 4) is 0 Å². The van der Waals surface area contributed by atoms with Crippen molar-refractivity contribution in [1.29, 1.82) is 0 Å². The summed E-state index contributed by atoms with van der Waals surface area (Å²) in [6.07, 6.45) is -9.24. The van der Waals surface area contributed by atoms with Gasteiger partial charge >= 0.3 is 5.97 Å². The molecule has 0 radical (unpaired) electrons. The van der Waals surface area contributed by atoms with Gasteiger partial charge in [-0.2, -0.15) is 0 Å². The number of ether oxygens (including phenoxy) is 6.